The minimum absolute atomic E-state index is 0.358. The molecule has 1 N–H and O–H groups in total. The summed E-state index contributed by atoms with van der Waals surface area (Å²) in [5.74, 6) is 0.720. The molecule has 0 aromatic rings. The standard InChI is InChI=1S/C11H18O3/c1-13-11(6-4-7-11)10(12)9-5-2-3-8-14-9/h5,10,12H,2-4,6-8H2,1H3. The number of hydrogen-bond acceptors (Lipinski definition) is 3. The molecular formula is C11H18O3. The highest BCUT2D eigenvalue weighted by atomic mass is 16.5. The van der Waals surface area contributed by atoms with Crippen LogP contribution in [0.3, 0.4) is 0 Å². The number of aliphatic hydroxyl groups is 1. The largest absolute Gasteiger partial charge is 0.495 e. The SMILES string of the molecule is COC1(C(O)C2=CCCCO2)CCC1. The van der Waals surface area contributed by atoms with Gasteiger partial charge in [0, 0.05) is 7.11 Å². The van der Waals surface area contributed by atoms with Gasteiger partial charge in [0.1, 0.15) is 17.5 Å². The Kier molecular flexibility index (Phi) is 2.79. The number of allylic oxidation sites excluding steroid dienone is 1. The Morgan fingerprint density at radius 2 is 2.29 bits per heavy atom. The van der Waals surface area contributed by atoms with Crippen molar-refractivity contribution in [3.63, 3.8) is 0 Å². The second-order valence-corrected chi connectivity index (χ2v) is 4.12. The summed E-state index contributed by atoms with van der Waals surface area (Å²) in [4.78, 5) is 0. The van der Waals surface area contributed by atoms with Crippen molar-refractivity contribution in [2.24, 2.45) is 0 Å². The summed E-state index contributed by atoms with van der Waals surface area (Å²) in [5.41, 5.74) is -0.358. The van der Waals surface area contributed by atoms with Crippen LogP contribution in [0.1, 0.15) is 32.1 Å². The third-order valence-corrected chi connectivity index (χ3v) is 3.34. The van der Waals surface area contributed by atoms with Gasteiger partial charge >= 0.3 is 0 Å². The number of rotatable bonds is 3. The first kappa shape index (κ1) is 9.99. The van der Waals surface area contributed by atoms with Crippen molar-refractivity contribution in [3.05, 3.63) is 11.8 Å². The molecule has 0 aromatic carbocycles. The van der Waals surface area contributed by atoms with Gasteiger partial charge in [-0.25, -0.2) is 0 Å². The summed E-state index contributed by atoms with van der Waals surface area (Å²) in [6, 6.07) is 0. The molecule has 0 bridgehead atoms. The van der Waals surface area contributed by atoms with E-state index >= 15 is 0 Å². The van der Waals surface area contributed by atoms with Gasteiger partial charge in [-0.15, -0.1) is 0 Å². The van der Waals surface area contributed by atoms with E-state index in [1.165, 1.54) is 0 Å². The fraction of sp³-hybridized carbons (Fsp3) is 0.818. The molecule has 0 radical (unpaired) electrons. The van der Waals surface area contributed by atoms with E-state index in [0.717, 1.165) is 44.5 Å². The third-order valence-electron chi connectivity index (χ3n) is 3.34. The maximum absolute atomic E-state index is 10.1. The molecule has 0 saturated heterocycles. The van der Waals surface area contributed by atoms with E-state index < -0.39 is 6.10 Å². The van der Waals surface area contributed by atoms with Crippen LogP contribution in [0.2, 0.25) is 0 Å². The molecule has 2 rings (SSSR count). The van der Waals surface area contributed by atoms with Crippen LogP contribution in [0.15, 0.2) is 11.8 Å². The normalized spacial score (nSPS) is 27.1. The Balaban J connectivity index is 2.05. The molecule has 1 fully saturated rings. The molecule has 0 aromatic heterocycles. The van der Waals surface area contributed by atoms with Crippen LogP contribution in [0.25, 0.3) is 0 Å². The Bertz CT molecular complexity index is 225. The van der Waals surface area contributed by atoms with Gasteiger partial charge in [0.05, 0.1) is 6.61 Å². The summed E-state index contributed by atoms with van der Waals surface area (Å²) in [7, 11) is 1.67. The van der Waals surface area contributed by atoms with E-state index in [2.05, 4.69) is 0 Å². The van der Waals surface area contributed by atoms with Crippen molar-refractivity contribution >= 4 is 0 Å². The van der Waals surface area contributed by atoms with Crippen LogP contribution >= 0.6 is 0 Å². The lowest BCUT2D eigenvalue weighted by molar-refractivity contribution is -0.150. The van der Waals surface area contributed by atoms with Gasteiger partial charge in [-0.3, -0.25) is 0 Å². The van der Waals surface area contributed by atoms with E-state index in [-0.39, 0.29) is 5.60 Å². The molecule has 3 nitrogen and oxygen atoms in total. The second kappa shape index (κ2) is 3.91. The van der Waals surface area contributed by atoms with Gasteiger partial charge in [-0.2, -0.15) is 0 Å². The average Bonchev–Trinajstić information content (AvgIpc) is 2.18. The maximum Gasteiger partial charge on any atom is 0.139 e. The Morgan fingerprint density at radius 3 is 2.71 bits per heavy atom. The summed E-state index contributed by atoms with van der Waals surface area (Å²) < 4.78 is 10.9. The highest BCUT2D eigenvalue weighted by Crippen LogP contribution is 2.41. The smallest absolute Gasteiger partial charge is 0.139 e. The molecule has 1 heterocycles. The van der Waals surface area contributed by atoms with Crippen molar-refractivity contribution in [3.8, 4) is 0 Å². The van der Waals surface area contributed by atoms with Crippen LogP contribution in [0, 0.1) is 0 Å². The Morgan fingerprint density at radius 1 is 1.50 bits per heavy atom. The Hall–Kier alpha value is -0.540. The van der Waals surface area contributed by atoms with Crippen LogP contribution in [-0.4, -0.2) is 30.5 Å². The predicted molar refractivity (Wildman–Crippen MR) is 52.9 cm³/mol. The molecule has 80 valence electrons. The van der Waals surface area contributed by atoms with E-state index in [9.17, 15) is 5.11 Å². The van der Waals surface area contributed by atoms with Gasteiger partial charge in [0.2, 0.25) is 0 Å². The van der Waals surface area contributed by atoms with Crippen LogP contribution in [-0.2, 0) is 9.47 Å². The number of hydrogen-bond donors (Lipinski definition) is 1. The first-order valence-corrected chi connectivity index (χ1v) is 5.34. The molecule has 2 aliphatic rings. The van der Waals surface area contributed by atoms with Crippen molar-refractivity contribution in [2.45, 2.75) is 43.8 Å². The minimum atomic E-state index is -0.568. The molecule has 0 amide bonds. The van der Waals surface area contributed by atoms with Gasteiger partial charge in [0.15, 0.2) is 0 Å². The average molecular weight is 198 g/mol. The molecule has 14 heavy (non-hydrogen) atoms. The summed E-state index contributed by atoms with van der Waals surface area (Å²) >= 11 is 0. The van der Waals surface area contributed by atoms with Crippen molar-refractivity contribution in [2.75, 3.05) is 13.7 Å². The minimum Gasteiger partial charge on any atom is -0.495 e. The van der Waals surface area contributed by atoms with E-state index in [4.69, 9.17) is 9.47 Å². The lowest BCUT2D eigenvalue weighted by atomic mass is 9.75. The predicted octanol–water partition coefficient (Wildman–Crippen LogP) is 1.61. The van der Waals surface area contributed by atoms with Gasteiger partial charge < -0.3 is 14.6 Å². The first-order chi connectivity index (χ1) is 6.78. The van der Waals surface area contributed by atoms with Gasteiger partial charge in [0.25, 0.3) is 0 Å². The van der Waals surface area contributed by atoms with Crippen LogP contribution < -0.4 is 0 Å². The molecule has 1 atom stereocenters. The number of methoxy groups -OCH3 is 1. The highest BCUT2D eigenvalue weighted by molar-refractivity contribution is 5.12. The third kappa shape index (κ3) is 1.55. The Labute approximate surface area is 84.7 Å². The van der Waals surface area contributed by atoms with Crippen molar-refractivity contribution in [1.29, 1.82) is 0 Å². The fourth-order valence-corrected chi connectivity index (χ4v) is 2.14. The van der Waals surface area contributed by atoms with Crippen molar-refractivity contribution in [1.82, 2.24) is 0 Å². The zero-order valence-corrected chi connectivity index (χ0v) is 8.66. The monoisotopic (exact) mass is 198 g/mol. The van der Waals surface area contributed by atoms with E-state index in [1.807, 2.05) is 6.08 Å². The van der Waals surface area contributed by atoms with Gasteiger partial charge in [-0.05, 0) is 38.2 Å². The molecule has 1 aliphatic heterocycles. The van der Waals surface area contributed by atoms with Gasteiger partial charge in [-0.1, -0.05) is 0 Å². The zero-order chi connectivity index (χ0) is 10.0. The summed E-state index contributed by atoms with van der Waals surface area (Å²) in [6.45, 7) is 0.725. The molecule has 1 saturated carbocycles. The first-order valence-electron chi connectivity index (χ1n) is 5.34. The number of ether oxygens (including phenoxy) is 2. The lowest BCUT2D eigenvalue weighted by Gasteiger charge is -2.44. The molecular weight excluding hydrogens is 180 g/mol. The van der Waals surface area contributed by atoms with Crippen LogP contribution in [0.4, 0.5) is 0 Å². The zero-order valence-electron chi connectivity index (χ0n) is 8.66. The molecule has 3 heteroatoms. The highest BCUT2D eigenvalue weighted by Gasteiger charge is 2.46. The summed E-state index contributed by atoms with van der Waals surface area (Å²) in [6.07, 6.45) is 6.49. The van der Waals surface area contributed by atoms with Crippen LogP contribution in [0.5, 0.6) is 0 Å². The number of aliphatic hydroxyl groups excluding tert-OH is 1. The fourth-order valence-electron chi connectivity index (χ4n) is 2.14. The molecule has 1 aliphatic carbocycles. The lowest BCUT2D eigenvalue weighted by Crippen LogP contribution is -2.51. The maximum atomic E-state index is 10.1. The molecule has 0 spiro atoms. The quantitative estimate of drug-likeness (QED) is 0.748. The topological polar surface area (TPSA) is 38.7 Å². The van der Waals surface area contributed by atoms with Crippen molar-refractivity contribution < 1.29 is 14.6 Å². The summed E-state index contributed by atoms with van der Waals surface area (Å²) in [5, 5.41) is 10.1. The molecule has 1 unspecified atom stereocenters. The second-order valence-electron chi connectivity index (χ2n) is 4.12. The van der Waals surface area contributed by atoms with E-state index in [0.29, 0.717) is 0 Å². The van der Waals surface area contributed by atoms with E-state index in [1.54, 1.807) is 7.11 Å².